The van der Waals surface area contributed by atoms with Crippen LogP contribution in [0.4, 0.5) is 0 Å². The van der Waals surface area contributed by atoms with E-state index in [-0.39, 0.29) is 23.2 Å². The molecule has 24 heavy (non-hydrogen) atoms. The second-order valence-corrected chi connectivity index (χ2v) is 7.89. The van der Waals surface area contributed by atoms with Crippen LogP contribution in [0.1, 0.15) is 12.8 Å². The Kier molecular flexibility index (Phi) is 7.23. The number of sulfonamides is 1. The number of rotatable bonds is 10. The molecule has 0 unspecified atom stereocenters. The van der Waals surface area contributed by atoms with Crippen molar-refractivity contribution in [1.82, 2.24) is 10.0 Å². The smallest absolute Gasteiger partial charge is 0.250 e. The molecule has 6 nitrogen and oxygen atoms in total. The first-order valence-electron chi connectivity index (χ1n) is 7.56. The van der Waals surface area contributed by atoms with Gasteiger partial charge in [-0.15, -0.1) is 11.3 Å². The fourth-order valence-electron chi connectivity index (χ4n) is 1.90. The van der Waals surface area contributed by atoms with Gasteiger partial charge in [0, 0.05) is 19.5 Å². The lowest BCUT2D eigenvalue weighted by atomic mass is 10.3. The zero-order valence-corrected chi connectivity index (χ0v) is 14.7. The van der Waals surface area contributed by atoms with E-state index in [0.717, 1.165) is 17.1 Å². The van der Waals surface area contributed by atoms with Gasteiger partial charge in [-0.2, -0.15) is 0 Å². The third kappa shape index (κ3) is 6.31. The van der Waals surface area contributed by atoms with Gasteiger partial charge in [0.2, 0.25) is 15.9 Å². The summed E-state index contributed by atoms with van der Waals surface area (Å²) in [4.78, 5) is 11.7. The van der Waals surface area contributed by atoms with Crippen LogP contribution in [0.3, 0.4) is 0 Å². The SMILES string of the molecule is O=C(CCCOc1ccccc1)NCCNS(=O)(=O)c1cccs1. The minimum Gasteiger partial charge on any atom is -0.494 e. The molecule has 0 aliphatic carbocycles. The average Bonchev–Trinajstić information content (AvgIpc) is 3.12. The molecule has 1 aromatic heterocycles. The van der Waals surface area contributed by atoms with Gasteiger partial charge in [0.1, 0.15) is 9.96 Å². The summed E-state index contributed by atoms with van der Waals surface area (Å²) in [6.07, 6.45) is 0.937. The van der Waals surface area contributed by atoms with Gasteiger partial charge in [0.15, 0.2) is 0 Å². The van der Waals surface area contributed by atoms with E-state index >= 15 is 0 Å². The second kappa shape index (κ2) is 9.41. The summed E-state index contributed by atoms with van der Waals surface area (Å²) in [6.45, 7) is 0.873. The van der Waals surface area contributed by atoms with Gasteiger partial charge >= 0.3 is 0 Å². The number of amides is 1. The summed E-state index contributed by atoms with van der Waals surface area (Å²) in [6, 6.07) is 12.6. The Morgan fingerprint density at radius 1 is 1.08 bits per heavy atom. The highest BCUT2D eigenvalue weighted by atomic mass is 32.2. The van der Waals surface area contributed by atoms with Crippen LogP contribution >= 0.6 is 11.3 Å². The van der Waals surface area contributed by atoms with E-state index in [9.17, 15) is 13.2 Å². The summed E-state index contributed by atoms with van der Waals surface area (Å²) in [5.74, 6) is 0.655. The third-order valence-corrected chi connectivity index (χ3v) is 5.92. The molecule has 0 radical (unpaired) electrons. The lowest BCUT2D eigenvalue weighted by molar-refractivity contribution is -0.121. The lowest BCUT2D eigenvalue weighted by Crippen LogP contribution is -2.34. The molecule has 1 aromatic carbocycles. The number of benzene rings is 1. The molecule has 2 N–H and O–H groups in total. The Bertz CT molecular complexity index is 716. The van der Waals surface area contributed by atoms with Crippen molar-refractivity contribution in [2.45, 2.75) is 17.1 Å². The Morgan fingerprint density at radius 3 is 2.58 bits per heavy atom. The number of carbonyl (C=O) groups excluding carboxylic acids is 1. The largest absolute Gasteiger partial charge is 0.494 e. The van der Waals surface area contributed by atoms with Crippen molar-refractivity contribution >= 4 is 27.3 Å². The van der Waals surface area contributed by atoms with Crippen molar-refractivity contribution in [3.63, 3.8) is 0 Å². The van der Waals surface area contributed by atoms with Crippen molar-refractivity contribution in [3.05, 3.63) is 47.8 Å². The van der Waals surface area contributed by atoms with Crippen LogP contribution in [-0.2, 0) is 14.8 Å². The van der Waals surface area contributed by atoms with Crippen LogP contribution in [0.5, 0.6) is 5.75 Å². The van der Waals surface area contributed by atoms with Crippen molar-refractivity contribution in [2.75, 3.05) is 19.7 Å². The quantitative estimate of drug-likeness (QED) is 0.628. The van der Waals surface area contributed by atoms with E-state index in [1.54, 1.807) is 11.4 Å². The fraction of sp³-hybridized carbons (Fsp3) is 0.312. The number of thiophene rings is 1. The molecule has 130 valence electrons. The van der Waals surface area contributed by atoms with E-state index in [1.807, 2.05) is 30.3 Å². The maximum Gasteiger partial charge on any atom is 0.250 e. The molecule has 0 spiro atoms. The highest BCUT2D eigenvalue weighted by molar-refractivity contribution is 7.91. The Labute approximate surface area is 145 Å². The van der Waals surface area contributed by atoms with Gasteiger partial charge < -0.3 is 10.1 Å². The zero-order valence-electron chi connectivity index (χ0n) is 13.1. The standard InChI is InChI=1S/C16H20N2O4S2/c19-15(8-4-12-22-14-6-2-1-3-7-14)17-10-11-18-24(20,21)16-9-5-13-23-16/h1-3,5-7,9,13,18H,4,8,10-12H2,(H,17,19). The summed E-state index contributed by atoms with van der Waals surface area (Å²) < 4.78 is 31.9. The van der Waals surface area contributed by atoms with Crippen LogP contribution in [0.15, 0.2) is 52.1 Å². The van der Waals surface area contributed by atoms with Crippen LogP contribution in [0.2, 0.25) is 0 Å². The molecule has 0 aliphatic rings. The highest BCUT2D eigenvalue weighted by Crippen LogP contribution is 2.14. The summed E-state index contributed by atoms with van der Waals surface area (Å²) in [5, 5.41) is 4.38. The second-order valence-electron chi connectivity index (χ2n) is 4.94. The van der Waals surface area contributed by atoms with E-state index < -0.39 is 10.0 Å². The predicted molar refractivity (Wildman–Crippen MR) is 93.7 cm³/mol. The number of hydrogen-bond acceptors (Lipinski definition) is 5. The zero-order chi connectivity index (χ0) is 17.3. The Hall–Kier alpha value is -1.90. The molecular formula is C16H20N2O4S2. The minimum atomic E-state index is -3.47. The van der Waals surface area contributed by atoms with Crippen LogP contribution < -0.4 is 14.8 Å². The fourth-order valence-corrected chi connectivity index (χ4v) is 3.97. The number of nitrogens with one attached hydrogen (secondary N) is 2. The molecular weight excluding hydrogens is 348 g/mol. The van der Waals surface area contributed by atoms with Crippen molar-refractivity contribution in [3.8, 4) is 5.75 Å². The molecule has 1 heterocycles. The molecule has 8 heteroatoms. The Morgan fingerprint density at radius 2 is 1.88 bits per heavy atom. The monoisotopic (exact) mass is 368 g/mol. The van der Waals surface area contributed by atoms with Crippen LogP contribution in [0.25, 0.3) is 0 Å². The number of para-hydroxylation sites is 1. The first-order valence-corrected chi connectivity index (χ1v) is 9.92. The number of ether oxygens (including phenoxy) is 1. The lowest BCUT2D eigenvalue weighted by Gasteiger charge is -2.08. The van der Waals surface area contributed by atoms with Crippen LogP contribution in [0, 0.1) is 0 Å². The van der Waals surface area contributed by atoms with Gasteiger partial charge in [-0.3, -0.25) is 4.79 Å². The molecule has 0 fully saturated rings. The minimum absolute atomic E-state index is 0.123. The predicted octanol–water partition coefficient (Wildman–Crippen LogP) is 2.00. The van der Waals surface area contributed by atoms with Gasteiger partial charge in [-0.25, -0.2) is 13.1 Å². The first-order chi connectivity index (χ1) is 11.6. The highest BCUT2D eigenvalue weighted by Gasteiger charge is 2.13. The molecule has 1 amide bonds. The number of carbonyl (C=O) groups is 1. The van der Waals surface area contributed by atoms with Crippen LogP contribution in [-0.4, -0.2) is 34.0 Å². The van der Waals surface area contributed by atoms with Gasteiger partial charge in [-0.05, 0) is 30.0 Å². The van der Waals surface area contributed by atoms with Gasteiger partial charge in [0.05, 0.1) is 6.61 Å². The maximum atomic E-state index is 11.9. The maximum absolute atomic E-state index is 11.9. The van der Waals surface area contributed by atoms with E-state index in [4.69, 9.17) is 4.74 Å². The molecule has 0 aliphatic heterocycles. The van der Waals surface area contributed by atoms with Crippen molar-refractivity contribution in [2.24, 2.45) is 0 Å². The van der Waals surface area contributed by atoms with Gasteiger partial charge in [-0.1, -0.05) is 24.3 Å². The number of hydrogen-bond donors (Lipinski definition) is 2. The summed E-state index contributed by atoms with van der Waals surface area (Å²) in [7, 11) is -3.47. The Balaban J connectivity index is 1.55. The third-order valence-electron chi connectivity index (χ3n) is 3.06. The average molecular weight is 368 g/mol. The molecule has 0 atom stereocenters. The summed E-state index contributed by atoms with van der Waals surface area (Å²) >= 11 is 1.15. The summed E-state index contributed by atoms with van der Waals surface area (Å²) in [5.41, 5.74) is 0. The first kappa shape index (κ1) is 18.4. The van der Waals surface area contributed by atoms with E-state index in [1.165, 1.54) is 6.07 Å². The van der Waals surface area contributed by atoms with E-state index in [2.05, 4.69) is 10.0 Å². The molecule has 0 saturated carbocycles. The molecule has 0 bridgehead atoms. The molecule has 0 saturated heterocycles. The molecule has 2 aromatic rings. The van der Waals surface area contributed by atoms with Crippen molar-refractivity contribution < 1.29 is 17.9 Å². The van der Waals surface area contributed by atoms with E-state index in [0.29, 0.717) is 19.4 Å². The normalized spacial score (nSPS) is 11.2. The van der Waals surface area contributed by atoms with Crippen molar-refractivity contribution in [1.29, 1.82) is 0 Å². The van der Waals surface area contributed by atoms with Gasteiger partial charge in [0.25, 0.3) is 0 Å². The topological polar surface area (TPSA) is 84.5 Å². The molecule has 2 rings (SSSR count).